The average Bonchev–Trinajstić information content (AvgIpc) is 2.36. The lowest BCUT2D eigenvalue weighted by molar-refractivity contribution is -0.112. The number of amides is 1. The minimum absolute atomic E-state index is 0.209. The molecule has 4 heteroatoms. The lowest BCUT2D eigenvalue weighted by atomic mass is 10.2. The molecule has 10 heavy (non-hydrogen) atoms. The van der Waals surface area contributed by atoms with Crippen molar-refractivity contribution in [1.29, 1.82) is 0 Å². The monoisotopic (exact) mass is 138 g/mol. The van der Waals surface area contributed by atoms with Gasteiger partial charge >= 0.3 is 0 Å². The van der Waals surface area contributed by atoms with E-state index >= 15 is 0 Å². The molecule has 1 aromatic heterocycles. The van der Waals surface area contributed by atoms with Crippen LogP contribution in [0.3, 0.4) is 0 Å². The molecular formula is C6H6N2O2. The summed E-state index contributed by atoms with van der Waals surface area (Å²) in [6, 6.07) is 0. The highest BCUT2D eigenvalue weighted by atomic mass is 16.5. The van der Waals surface area contributed by atoms with Gasteiger partial charge in [0, 0.05) is 11.1 Å². The standard InChI is InChI=1S/C6H6N2O2/c1-4(6(7)9)5-2-8-10-3-5/h2-3H,1H2,(H2,7,9). The van der Waals surface area contributed by atoms with Crippen molar-refractivity contribution < 1.29 is 9.32 Å². The Balaban J connectivity index is 2.88. The molecule has 0 aliphatic rings. The van der Waals surface area contributed by atoms with Gasteiger partial charge in [0.2, 0.25) is 5.91 Å². The SMILES string of the molecule is C=C(C(N)=O)c1cnoc1. The molecule has 0 unspecified atom stereocenters. The van der Waals surface area contributed by atoms with E-state index in [-0.39, 0.29) is 5.57 Å². The molecule has 0 radical (unpaired) electrons. The van der Waals surface area contributed by atoms with Gasteiger partial charge in [0.05, 0.1) is 6.20 Å². The summed E-state index contributed by atoms with van der Waals surface area (Å²) in [6.07, 6.45) is 2.69. The highest BCUT2D eigenvalue weighted by molar-refractivity contribution is 6.17. The zero-order valence-corrected chi connectivity index (χ0v) is 5.20. The molecule has 1 amide bonds. The van der Waals surface area contributed by atoms with E-state index in [4.69, 9.17) is 5.73 Å². The summed E-state index contributed by atoms with van der Waals surface area (Å²) in [4.78, 5) is 10.5. The fourth-order valence-corrected chi connectivity index (χ4v) is 0.496. The van der Waals surface area contributed by atoms with Gasteiger partial charge in [-0.05, 0) is 0 Å². The molecule has 0 saturated heterocycles. The Hall–Kier alpha value is -1.58. The van der Waals surface area contributed by atoms with E-state index in [0.29, 0.717) is 5.56 Å². The molecular weight excluding hydrogens is 132 g/mol. The van der Waals surface area contributed by atoms with Crippen LogP contribution in [0.2, 0.25) is 0 Å². The summed E-state index contributed by atoms with van der Waals surface area (Å²) in [6.45, 7) is 3.42. The number of hydrogen-bond donors (Lipinski definition) is 1. The number of aromatic nitrogens is 1. The van der Waals surface area contributed by atoms with Crippen LogP contribution >= 0.6 is 0 Å². The molecule has 0 saturated carbocycles. The normalized spacial score (nSPS) is 9.20. The molecule has 1 aromatic rings. The molecule has 52 valence electrons. The molecule has 0 atom stereocenters. The Morgan fingerprint density at radius 1 is 1.80 bits per heavy atom. The number of nitrogens with zero attached hydrogens (tertiary/aromatic N) is 1. The summed E-state index contributed by atoms with van der Waals surface area (Å²) in [5, 5.41) is 3.38. The molecule has 4 nitrogen and oxygen atoms in total. The van der Waals surface area contributed by atoms with Crippen molar-refractivity contribution in [2.75, 3.05) is 0 Å². The first-order valence-electron chi connectivity index (χ1n) is 2.60. The van der Waals surface area contributed by atoms with Gasteiger partial charge < -0.3 is 10.3 Å². The molecule has 0 spiro atoms. The van der Waals surface area contributed by atoms with Crippen molar-refractivity contribution in [1.82, 2.24) is 5.16 Å². The Morgan fingerprint density at radius 2 is 2.50 bits per heavy atom. The predicted octanol–water partition coefficient (Wildman–Crippen LogP) is 0.173. The van der Waals surface area contributed by atoms with E-state index in [1.165, 1.54) is 12.5 Å². The van der Waals surface area contributed by atoms with Crippen molar-refractivity contribution >= 4 is 11.5 Å². The largest absolute Gasteiger partial charge is 0.366 e. The summed E-state index contributed by atoms with van der Waals surface area (Å²) in [5.74, 6) is -0.566. The van der Waals surface area contributed by atoms with Crippen LogP contribution in [0.5, 0.6) is 0 Å². The molecule has 0 fully saturated rings. The highest BCUT2D eigenvalue weighted by Gasteiger charge is 2.05. The van der Waals surface area contributed by atoms with Gasteiger partial charge in [-0.2, -0.15) is 0 Å². The topological polar surface area (TPSA) is 69.1 Å². The minimum Gasteiger partial charge on any atom is -0.366 e. The van der Waals surface area contributed by atoms with Crippen molar-refractivity contribution in [3.8, 4) is 0 Å². The summed E-state index contributed by atoms with van der Waals surface area (Å²) < 4.78 is 4.47. The molecule has 1 heterocycles. The van der Waals surface area contributed by atoms with Crippen LogP contribution in [0.4, 0.5) is 0 Å². The maximum absolute atomic E-state index is 10.5. The lowest BCUT2D eigenvalue weighted by Crippen LogP contribution is -2.11. The Bertz CT molecular complexity index is 251. The molecule has 0 aliphatic carbocycles. The van der Waals surface area contributed by atoms with Crippen LogP contribution in [0.25, 0.3) is 5.57 Å². The van der Waals surface area contributed by atoms with Crippen molar-refractivity contribution in [2.24, 2.45) is 5.73 Å². The van der Waals surface area contributed by atoms with E-state index in [0.717, 1.165) is 0 Å². The number of nitrogens with two attached hydrogens (primary N) is 1. The lowest BCUT2D eigenvalue weighted by Gasteiger charge is -1.91. The first-order valence-corrected chi connectivity index (χ1v) is 2.60. The number of rotatable bonds is 2. The zero-order valence-electron chi connectivity index (χ0n) is 5.20. The Morgan fingerprint density at radius 3 is 2.90 bits per heavy atom. The van der Waals surface area contributed by atoms with Crippen LogP contribution in [0.15, 0.2) is 23.6 Å². The van der Waals surface area contributed by atoms with Gasteiger partial charge in [-0.3, -0.25) is 4.79 Å². The van der Waals surface area contributed by atoms with Crippen LogP contribution in [-0.4, -0.2) is 11.1 Å². The molecule has 1 rings (SSSR count). The Labute approximate surface area is 57.3 Å². The van der Waals surface area contributed by atoms with Gasteiger partial charge in [0.25, 0.3) is 0 Å². The quantitative estimate of drug-likeness (QED) is 0.592. The van der Waals surface area contributed by atoms with Gasteiger partial charge in [-0.15, -0.1) is 0 Å². The summed E-state index contributed by atoms with van der Waals surface area (Å²) >= 11 is 0. The van der Waals surface area contributed by atoms with Gasteiger partial charge in [0.15, 0.2) is 0 Å². The smallest absolute Gasteiger partial charge is 0.248 e. The second-order valence-electron chi connectivity index (χ2n) is 1.76. The average molecular weight is 138 g/mol. The fraction of sp³-hybridized carbons (Fsp3) is 0. The van der Waals surface area contributed by atoms with Gasteiger partial charge in [-0.25, -0.2) is 0 Å². The van der Waals surface area contributed by atoms with Crippen molar-refractivity contribution in [2.45, 2.75) is 0 Å². The molecule has 2 N–H and O–H groups in total. The third-order valence-electron chi connectivity index (χ3n) is 1.08. The molecule has 0 bridgehead atoms. The number of hydrogen-bond acceptors (Lipinski definition) is 3. The number of carbonyl (C=O) groups is 1. The zero-order chi connectivity index (χ0) is 7.56. The van der Waals surface area contributed by atoms with E-state index < -0.39 is 5.91 Å². The van der Waals surface area contributed by atoms with Gasteiger partial charge in [-0.1, -0.05) is 11.7 Å². The first-order chi connectivity index (χ1) is 4.72. The van der Waals surface area contributed by atoms with Crippen molar-refractivity contribution in [3.63, 3.8) is 0 Å². The van der Waals surface area contributed by atoms with E-state index in [1.54, 1.807) is 0 Å². The number of carbonyl (C=O) groups excluding carboxylic acids is 1. The van der Waals surface area contributed by atoms with Crippen LogP contribution in [0, 0.1) is 0 Å². The third-order valence-corrected chi connectivity index (χ3v) is 1.08. The van der Waals surface area contributed by atoms with E-state index in [1.807, 2.05) is 0 Å². The maximum atomic E-state index is 10.5. The maximum Gasteiger partial charge on any atom is 0.248 e. The van der Waals surface area contributed by atoms with Crippen molar-refractivity contribution in [3.05, 3.63) is 24.6 Å². The number of primary amides is 1. The third kappa shape index (κ3) is 1.05. The Kier molecular flexibility index (Phi) is 1.53. The fourth-order valence-electron chi connectivity index (χ4n) is 0.496. The minimum atomic E-state index is -0.566. The van der Waals surface area contributed by atoms with Gasteiger partial charge in [0.1, 0.15) is 6.26 Å². The highest BCUT2D eigenvalue weighted by Crippen LogP contribution is 2.08. The van der Waals surface area contributed by atoms with E-state index in [2.05, 4.69) is 16.3 Å². The van der Waals surface area contributed by atoms with Crippen LogP contribution in [-0.2, 0) is 4.79 Å². The van der Waals surface area contributed by atoms with Crippen LogP contribution < -0.4 is 5.73 Å². The summed E-state index contributed by atoms with van der Waals surface area (Å²) in [7, 11) is 0. The second-order valence-corrected chi connectivity index (χ2v) is 1.76. The summed E-state index contributed by atoms with van der Waals surface area (Å²) in [5.41, 5.74) is 5.65. The molecule has 0 aromatic carbocycles. The molecule has 0 aliphatic heterocycles. The predicted molar refractivity (Wildman–Crippen MR) is 34.7 cm³/mol. The van der Waals surface area contributed by atoms with E-state index in [9.17, 15) is 4.79 Å². The van der Waals surface area contributed by atoms with Crippen LogP contribution in [0.1, 0.15) is 5.56 Å². The second kappa shape index (κ2) is 2.34. The first kappa shape index (κ1) is 6.54.